The van der Waals surface area contributed by atoms with Crippen LogP contribution in [0.4, 0.5) is 0 Å². The summed E-state index contributed by atoms with van der Waals surface area (Å²) in [6.45, 7) is 2.21. The molecule has 0 bridgehead atoms. The Hall–Kier alpha value is -1.54. The fourth-order valence-electron chi connectivity index (χ4n) is 2.36. The molecule has 2 unspecified atom stereocenters. The van der Waals surface area contributed by atoms with E-state index in [1.807, 2.05) is 0 Å². The van der Waals surface area contributed by atoms with Gasteiger partial charge in [0.25, 0.3) is 0 Å². The molecule has 1 aliphatic rings. The van der Waals surface area contributed by atoms with Crippen LogP contribution >= 0.6 is 0 Å². The van der Waals surface area contributed by atoms with Crippen LogP contribution in [-0.2, 0) is 9.59 Å². The van der Waals surface area contributed by atoms with E-state index in [-0.39, 0.29) is 12.3 Å². The fourth-order valence-corrected chi connectivity index (χ4v) is 2.36. The molecule has 2 atom stereocenters. The van der Waals surface area contributed by atoms with Gasteiger partial charge in [0, 0.05) is 13.0 Å². The van der Waals surface area contributed by atoms with Gasteiger partial charge in [-0.25, -0.2) is 4.79 Å². The van der Waals surface area contributed by atoms with Crippen LogP contribution in [0.2, 0.25) is 0 Å². The second-order valence-electron chi connectivity index (χ2n) is 4.30. The van der Waals surface area contributed by atoms with Gasteiger partial charge < -0.3 is 15.7 Å². The third-order valence-electron chi connectivity index (χ3n) is 3.39. The molecule has 5 nitrogen and oxygen atoms in total. The van der Waals surface area contributed by atoms with Gasteiger partial charge in [-0.1, -0.05) is 6.92 Å². The maximum atomic E-state index is 12.1. The van der Waals surface area contributed by atoms with Crippen molar-refractivity contribution < 1.29 is 14.7 Å². The van der Waals surface area contributed by atoms with Crippen molar-refractivity contribution in [3.63, 3.8) is 0 Å². The van der Waals surface area contributed by atoms with Crippen molar-refractivity contribution in [2.75, 3.05) is 6.54 Å². The molecule has 3 N–H and O–H groups in total. The molecule has 0 saturated carbocycles. The molecule has 17 heavy (non-hydrogen) atoms. The van der Waals surface area contributed by atoms with Crippen molar-refractivity contribution in [2.24, 2.45) is 5.73 Å². The minimum atomic E-state index is -1.09. The molecule has 1 rings (SSSR count). The second kappa shape index (κ2) is 5.19. The van der Waals surface area contributed by atoms with Crippen molar-refractivity contribution in [2.45, 2.75) is 44.2 Å². The Morgan fingerprint density at radius 2 is 2.29 bits per heavy atom. The molecule has 0 radical (unpaired) electrons. The zero-order chi connectivity index (χ0) is 13.1. The molecule has 5 heteroatoms. The van der Waals surface area contributed by atoms with E-state index in [1.54, 1.807) is 6.92 Å². The Labute approximate surface area is 101 Å². The zero-order valence-corrected chi connectivity index (χ0v) is 9.98. The molecule has 94 valence electrons. The maximum absolute atomic E-state index is 12.1. The van der Waals surface area contributed by atoms with Crippen molar-refractivity contribution in [1.82, 2.24) is 4.90 Å². The summed E-state index contributed by atoms with van der Waals surface area (Å²) in [5, 5.41) is 9.32. The van der Waals surface area contributed by atoms with Crippen LogP contribution in [0.3, 0.4) is 0 Å². The van der Waals surface area contributed by atoms with Gasteiger partial charge >= 0.3 is 5.97 Å². The first kappa shape index (κ1) is 13.5. The lowest BCUT2D eigenvalue weighted by molar-refractivity contribution is -0.157. The highest BCUT2D eigenvalue weighted by atomic mass is 16.4. The van der Waals surface area contributed by atoms with Gasteiger partial charge in [0.1, 0.15) is 5.54 Å². The largest absolute Gasteiger partial charge is 0.479 e. The number of carboxylic acids is 1. The number of nitrogens with two attached hydrogens (primary N) is 1. The van der Waals surface area contributed by atoms with E-state index >= 15 is 0 Å². The van der Waals surface area contributed by atoms with E-state index in [2.05, 4.69) is 5.92 Å². The molecular formula is C12H18N2O3. The Kier molecular flexibility index (Phi) is 4.13. The van der Waals surface area contributed by atoms with Crippen LogP contribution < -0.4 is 5.73 Å². The van der Waals surface area contributed by atoms with Crippen LogP contribution in [0.15, 0.2) is 0 Å². The normalized spacial score (nSPS) is 25.4. The number of nitrogens with zero attached hydrogens (tertiary/aromatic N) is 1. The molecule has 1 fully saturated rings. The van der Waals surface area contributed by atoms with E-state index in [0.29, 0.717) is 25.8 Å². The molecule has 1 saturated heterocycles. The number of hydrogen-bond donors (Lipinski definition) is 2. The number of aliphatic carboxylic acids is 1. The van der Waals surface area contributed by atoms with Gasteiger partial charge in [0.15, 0.2) is 0 Å². The highest BCUT2D eigenvalue weighted by Gasteiger charge is 2.49. The van der Waals surface area contributed by atoms with Crippen LogP contribution in [0.5, 0.6) is 0 Å². The van der Waals surface area contributed by atoms with E-state index < -0.39 is 17.6 Å². The lowest BCUT2D eigenvalue weighted by atomic mass is 9.92. The summed E-state index contributed by atoms with van der Waals surface area (Å²) in [7, 11) is 0. The van der Waals surface area contributed by atoms with Gasteiger partial charge in [-0.05, 0) is 19.3 Å². The molecule has 1 amide bonds. The van der Waals surface area contributed by atoms with E-state index in [1.165, 1.54) is 4.90 Å². The topological polar surface area (TPSA) is 83.6 Å². The average Bonchev–Trinajstić information content (AvgIpc) is 2.73. The van der Waals surface area contributed by atoms with E-state index in [4.69, 9.17) is 12.2 Å². The molecule has 0 aliphatic carbocycles. The predicted molar refractivity (Wildman–Crippen MR) is 63.0 cm³/mol. The van der Waals surface area contributed by atoms with Gasteiger partial charge in [-0.15, -0.1) is 12.3 Å². The molecule has 1 heterocycles. The Balaban J connectivity index is 2.93. The third kappa shape index (κ3) is 2.27. The predicted octanol–water partition coefficient (Wildman–Crippen LogP) is 0.193. The summed E-state index contributed by atoms with van der Waals surface area (Å²) >= 11 is 0. The number of carbonyl (C=O) groups is 2. The van der Waals surface area contributed by atoms with Crippen LogP contribution in [0.1, 0.15) is 32.6 Å². The van der Waals surface area contributed by atoms with E-state index in [9.17, 15) is 14.7 Å². The molecule has 0 spiro atoms. The smallest absolute Gasteiger partial charge is 0.329 e. The standard InChI is InChI=1S/C12H18N2O3/c1-3-6-9(13)10(15)14-8-5-7-12(14,4-2)11(16)17/h1,9H,4-8,13H2,2H3,(H,16,17). The number of carboxylic acid groups (broad SMARTS) is 1. The van der Waals surface area contributed by atoms with Crippen molar-refractivity contribution in [3.05, 3.63) is 0 Å². The fraction of sp³-hybridized carbons (Fsp3) is 0.667. The summed E-state index contributed by atoms with van der Waals surface area (Å²) in [5.74, 6) is 1.01. The number of amides is 1. The van der Waals surface area contributed by atoms with Crippen LogP contribution in [0.25, 0.3) is 0 Å². The summed E-state index contributed by atoms with van der Waals surface area (Å²) in [5.41, 5.74) is 4.56. The quantitative estimate of drug-likeness (QED) is 0.685. The average molecular weight is 238 g/mol. The summed E-state index contributed by atoms with van der Waals surface area (Å²) in [6.07, 6.45) is 6.80. The molecule has 0 aromatic rings. The zero-order valence-electron chi connectivity index (χ0n) is 9.98. The van der Waals surface area contributed by atoms with Crippen molar-refractivity contribution in [3.8, 4) is 12.3 Å². The first-order valence-electron chi connectivity index (χ1n) is 5.73. The second-order valence-corrected chi connectivity index (χ2v) is 4.30. The van der Waals surface area contributed by atoms with E-state index in [0.717, 1.165) is 0 Å². The first-order chi connectivity index (χ1) is 7.99. The molecule has 0 aromatic heterocycles. The summed E-state index contributed by atoms with van der Waals surface area (Å²) < 4.78 is 0. The summed E-state index contributed by atoms with van der Waals surface area (Å²) in [4.78, 5) is 24.8. The highest BCUT2D eigenvalue weighted by Crippen LogP contribution is 2.33. The number of carbonyl (C=O) groups excluding carboxylic acids is 1. The van der Waals surface area contributed by atoms with Gasteiger partial charge in [0.05, 0.1) is 6.04 Å². The monoisotopic (exact) mass is 238 g/mol. The third-order valence-corrected chi connectivity index (χ3v) is 3.39. The Morgan fingerprint density at radius 1 is 1.65 bits per heavy atom. The van der Waals surface area contributed by atoms with Gasteiger partial charge in [0.2, 0.25) is 5.91 Å². The summed E-state index contributed by atoms with van der Waals surface area (Å²) in [6, 6.07) is -0.802. The highest BCUT2D eigenvalue weighted by molar-refractivity contribution is 5.90. The molecule has 0 aromatic carbocycles. The van der Waals surface area contributed by atoms with Crippen molar-refractivity contribution in [1.29, 1.82) is 0 Å². The molecule has 1 aliphatic heterocycles. The number of terminal acetylenes is 1. The maximum Gasteiger partial charge on any atom is 0.329 e. The van der Waals surface area contributed by atoms with Crippen LogP contribution in [-0.4, -0.2) is 40.0 Å². The van der Waals surface area contributed by atoms with Gasteiger partial charge in [-0.2, -0.15) is 0 Å². The lowest BCUT2D eigenvalue weighted by Crippen LogP contribution is -2.56. The molecular weight excluding hydrogens is 220 g/mol. The minimum Gasteiger partial charge on any atom is -0.479 e. The minimum absolute atomic E-state index is 0.134. The Morgan fingerprint density at radius 3 is 2.76 bits per heavy atom. The number of rotatable bonds is 4. The SMILES string of the molecule is C#CCC(N)C(=O)N1CCCC1(CC)C(=O)O. The number of likely N-dealkylation sites (tertiary alicyclic amines) is 1. The number of hydrogen-bond acceptors (Lipinski definition) is 3. The van der Waals surface area contributed by atoms with Crippen molar-refractivity contribution >= 4 is 11.9 Å². The Bertz CT molecular complexity index is 361. The first-order valence-corrected chi connectivity index (χ1v) is 5.73. The lowest BCUT2D eigenvalue weighted by Gasteiger charge is -2.35. The van der Waals surface area contributed by atoms with Gasteiger partial charge in [-0.3, -0.25) is 4.79 Å². The van der Waals surface area contributed by atoms with Crippen LogP contribution in [0, 0.1) is 12.3 Å².